The van der Waals surface area contributed by atoms with Crippen molar-refractivity contribution < 1.29 is 14.6 Å². The van der Waals surface area contributed by atoms with Crippen LogP contribution in [0.3, 0.4) is 0 Å². The molecule has 1 aliphatic heterocycles. The number of rotatable bonds is 3. The minimum atomic E-state index is -1.10. The highest BCUT2D eigenvalue weighted by Crippen LogP contribution is 2.28. The van der Waals surface area contributed by atoms with E-state index in [4.69, 9.17) is 10.3 Å². The van der Waals surface area contributed by atoms with Crippen molar-refractivity contribution in [1.29, 1.82) is 0 Å². The fourth-order valence-electron chi connectivity index (χ4n) is 2.28. The van der Waals surface area contributed by atoms with Gasteiger partial charge < -0.3 is 14.7 Å². The number of hydrogen-bond acceptors (Lipinski definition) is 4. The van der Waals surface area contributed by atoms with E-state index in [0.717, 1.165) is 12.8 Å². The molecule has 1 saturated heterocycles. The van der Waals surface area contributed by atoms with Crippen LogP contribution >= 0.6 is 0 Å². The molecule has 7 heteroatoms. The summed E-state index contributed by atoms with van der Waals surface area (Å²) in [5, 5.41) is 13.8. The molecular formula is C13H24N4O3. The lowest BCUT2D eigenvalue weighted by Crippen LogP contribution is -2.50. The Morgan fingerprint density at radius 3 is 2.70 bits per heavy atom. The van der Waals surface area contributed by atoms with Crippen LogP contribution in [0.15, 0.2) is 5.11 Å². The average molecular weight is 284 g/mol. The van der Waals surface area contributed by atoms with Gasteiger partial charge in [0.1, 0.15) is 5.60 Å². The van der Waals surface area contributed by atoms with Crippen molar-refractivity contribution in [1.82, 2.24) is 4.90 Å². The summed E-state index contributed by atoms with van der Waals surface area (Å²) in [5.74, 6) is -0.116. The third-order valence-electron chi connectivity index (χ3n) is 3.41. The zero-order chi connectivity index (χ0) is 15.4. The highest BCUT2D eigenvalue weighted by Gasteiger charge is 2.37. The first-order valence-electron chi connectivity index (χ1n) is 6.87. The maximum absolute atomic E-state index is 12.0. The topological polar surface area (TPSA) is 98.5 Å². The third-order valence-corrected chi connectivity index (χ3v) is 3.41. The molecule has 0 spiro atoms. The zero-order valence-corrected chi connectivity index (χ0v) is 12.7. The number of piperidine rings is 1. The van der Waals surface area contributed by atoms with E-state index < -0.39 is 11.2 Å². The Morgan fingerprint density at radius 1 is 1.50 bits per heavy atom. The molecule has 1 amide bonds. The second-order valence-electron chi connectivity index (χ2n) is 6.51. The quantitative estimate of drug-likeness (QED) is 0.490. The molecule has 0 aromatic rings. The molecule has 1 fully saturated rings. The van der Waals surface area contributed by atoms with E-state index in [1.807, 2.05) is 20.8 Å². The highest BCUT2D eigenvalue weighted by atomic mass is 16.6. The number of aliphatic hydroxyl groups is 1. The normalized spacial score (nSPS) is 22.6. The van der Waals surface area contributed by atoms with Gasteiger partial charge in [0, 0.05) is 23.9 Å². The molecular weight excluding hydrogens is 260 g/mol. The van der Waals surface area contributed by atoms with Gasteiger partial charge in [0.05, 0.1) is 12.1 Å². The number of amides is 1. The molecule has 7 nitrogen and oxygen atoms in total. The van der Waals surface area contributed by atoms with E-state index in [1.54, 1.807) is 11.8 Å². The number of hydrogen-bond donors (Lipinski definition) is 1. The Hall–Kier alpha value is -1.46. The first-order valence-corrected chi connectivity index (χ1v) is 6.87. The van der Waals surface area contributed by atoms with Gasteiger partial charge in [-0.15, -0.1) is 0 Å². The smallest absolute Gasteiger partial charge is 0.410 e. The van der Waals surface area contributed by atoms with Crippen LogP contribution in [-0.2, 0) is 4.74 Å². The van der Waals surface area contributed by atoms with Crippen LogP contribution in [0.1, 0.15) is 40.5 Å². The van der Waals surface area contributed by atoms with Crippen molar-refractivity contribution in [3.63, 3.8) is 0 Å². The summed E-state index contributed by atoms with van der Waals surface area (Å²) in [6, 6.07) is 0. The lowest BCUT2D eigenvalue weighted by molar-refractivity contribution is -0.0339. The van der Waals surface area contributed by atoms with E-state index in [1.165, 1.54) is 0 Å². The van der Waals surface area contributed by atoms with Crippen LogP contribution < -0.4 is 0 Å². The lowest BCUT2D eigenvalue weighted by Gasteiger charge is -2.40. The third kappa shape index (κ3) is 4.90. The molecule has 2 atom stereocenters. The van der Waals surface area contributed by atoms with Crippen LogP contribution in [0, 0.1) is 5.92 Å². The van der Waals surface area contributed by atoms with Gasteiger partial charge in [-0.25, -0.2) is 4.79 Å². The van der Waals surface area contributed by atoms with E-state index in [-0.39, 0.29) is 18.6 Å². The van der Waals surface area contributed by atoms with Gasteiger partial charge in [0.2, 0.25) is 0 Å². The molecule has 1 rings (SSSR count). The van der Waals surface area contributed by atoms with E-state index in [2.05, 4.69) is 10.0 Å². The highest BCUT2D eigenvalue weighted by molar-refractivity contribution is 5.68. The number of azide groups is 1. The fourth-order valence-corrected chi connectivity index (χ4v) is 2.28. The second kappa shape index (κ2) is 6.33. The van der Waals surface area contributed by atoms with E-state index in [9.17, 15) is 9.90 Å². The first-order chi connectivity index (χ1) is 9.15. The van der Waals surface area contributed by atoms with Crippen molar-refractivity contribution >= 4 is 6.09 Å². The molecule has 0 saturated carbocycles. The summed E-state index contributed by atoms with van der Waals surface area (Å²) >= 11 is 0. The molecule has 1 aliphatic rings. The molecule has 0 radical (unpaired) electrons. The van der Waals surface area contributed by atoms with Gasteiger partial charge in [-0.1, -0.05) is 5.11 Å². The molecule has 0 unspecified atom stereocenters. The van der Waals surface area contributed by atoms with Gasteiger partial charge in [-0.2, -0.15) is 0 Å². The molecule has 0 bridgehead atoms. The van der Waals surface area contributed by atoms with Crippen molar-refractivity contribution in [2.45, 2.75) is 51.7 Å². The summed E-state index contributed by atoms with van der Waals surface area (Å²) in [7, 11) is 0. The Morgan fingerprint density at radius 2 is 2.15 bits per heavy atom. The predicted molar refractivity (Wildman–Crippen MR) is 75.2 cm³/mol. The molecule has 0 aromatic carbocycles. The van der Waals surface area contributed by atoms with Crippen LogP contribution in [0.4, 0.5) is 4.79 Å². The van der Waals surface area contributed by atoms with Crippen LogP contribution in [-0.4, -0.2) is 46.9 Å². The van der Waals surface area contributed by atoms with Gasteiger partial charge >= 0.3 is 6.09 Å². The molecule has 0 aromatic heterocycles. The van der Waals surface area contributed by atoms with Crippen molar-refractivity contribution in [3.05, 3.63) is 10.4 Å². The standard InChI is InChI=1S/C13H24N4O3/c1-12(2,3)20-11(18)17-7-5-6-10(8-17)13(4,19)9-15-16-14/h10,19H,5-9H2,1-4H3/t10-,13-/m0/s1. The summed E-state index contributed by atoms with van der Waals surface area (Å²) in [5.41, 5.74) is 6.72. The van der Waals surface area contributed by atoms with Gasteiger partial charge in [-0.3, -0.25) is 0 Å². The lowest BCUT2D eigenvalue weighted by atomic mass is 9.83. The first kappa shape index (κ1) is 16.6. The van der Waals surface area contributed by atoms with Crippen molar-refractivity contribution in [2.24, 2.45) is 11.0 Å². The van der Waals surface area contributed by atoms with Crippen molar-refractivity contribution in [3.8, 4) is 0 Å². The van der Waals surface area contributed by atoms with Crippen LogP contribution in [0.25, 0.3) is 10.4 Å². The Balaban J connectivity index is 2.66. The predicted octanol–water partition coefficient (Wildman–Crippen LogP) is 2.69. The van der Waals surface area contributed by atoms with Crippen LogP contribution in [0.5, 0.6) is 0 Å². The Labute approximate surface area is 119 Å². The SMILES string of the molecule is CC(C)(C)OC(=O)N1CCC[C@H]([C@@](C)(O)CN=[N+]=[N-])C1. The summed E-state index contributed by atoms with van der Waals surface area (Å²) < 4.78 is 5.34. The monoisotopic (exact) mass is 284 g/mol. The van der Waals surface area contributed by atoms with Gasteiger partial charge in [0.15, 0.2) is 0 Å². The minimum Gasteiger partial charge on any atom is -0.444 e. The fraction of sp³-hybridized carbons (Fsp3) is 0.923. The summed E-state index contributed by atoms with van der Waals surface area (Å²) in [4.78, 5) is 16.3. The van der Waals surface area contributed by atoms with Gasteiger partial charge in [-0.05, 0) is 46.1 Å². The van der Waals surface area contributed by atoms with Crippen LogP contribution in [0.2, 0.25) is 0 Å². The summed E-state index contributed by atoms with van der Waals surface area (Å²) in [6.07, 6.45) is 1.24. The minimum absolute atomic E-state index is 0.0102. The average Bonchev–Trinajstić information content (AvgIpc) is 2.34. The molecule has 20 heavy (non-hydrogen) atoms. The maximum atomic E-state index is 12.0. The summed E-state index contributed by atoms with van der Waals surface area (Å²) in [6.45, 7) is 8.17. The largest absolute Gasteiger partial charge is 0.444 e. The van der Waals surface area contributed by atoms with E-state index >= 15 is 0 Å². The maximum Gasteiger partial charge on any atom is 0.410 e. The number of ether oxygens (including phenoxy) is 1. The Bertz CT molecular complexity index is 397. The van der Waals surface area contributed by atoms with Gasteiger partial charge in [0.25, 0.3) is 0 Å². The number of nitrogens with zero attached hydrogens (tertiary/aromatic N) is 4. The second-order valence-corrected chi connectivity index (χ2v) is 6.51. The zero-order valence-electron chi connectivity index (χ0n) is 12.7. The number of likely N-dealkylation sites (tertiary alicyclic amines) is 1. The van der Waals surface area contributed by atoms with E-state index in [0.29, 0.717) is 13.1 Å². The van der Waals surface area contributed by atoms with Crippen molar-refractivity contribution in [2.75, 3.05) is 19.6 Å². The molecule has 0 aliphatic carbocycles. The Kier molecular flexibility index (Phi) is 5.25. The molecule has 1 heterocycles. The number of carbonyl (C=O) groups excluding carboxylic acids is 1. The number of carbonyl (C=O) groups is 1. The molecule has 114 valence electrons. The molecule has 1 N–H and O–H groups in total.